The van der Waals surface area contributed by atoms with Crippen LogP contribution >= 0.6 is 24.0 Å². The zero-order valence-corrected chi connectivity index (χ0v) is 20.7. The summed E-state index contributed by atoms with van der Waals surface area (Å²) < 4.78 is 10.7. The van der Waals surface area contributed by atoms with Crippen molar-refractivity contribution in [1.82, 2.24) is 10.2 Å². The molecule has 2 aromatic rings. The van der Waals surface area contributed by atoms with Crippen LogP contribution in [0, 0.1) is 10.1 Å². The molecule has 0 amide bonds. The molecule has 0 aromatic heterocycles. The van der Waals surface area contributed by atoms with Crippen molar-refractivity contribution >= 4 is 41.3 Å². The van der Waals surface area contributed by atoms with Gasteiger partial charge in [0.2, 0.25) is 0 Å². The van der Waals surface area contributed by atoms with Gasteiger partial charge in [-0.3, -0.25) is 10.1 Å². The Labute approximate surface area is 205 Å². The number of aliphatic imine (C=N–C) groups is 1. The topological polar surface area (TPSA) is 92.5 Å². The second kappa shape index (κ2) is 13.1. The van der Waals surface area contributed by atoms with Gasteiger partial charge in [0, 0.05) is 52.0 Å². The molecule has 9 nitrogen and oxygen atoms in total. The molecule has 174 valence electrons. The molecule has 32 heavy (non-hydrogen) atoms. The summed E-state index contributed by atoms with van der Waals surface area (Å²) in [5.74, 6) is 1.69. The molecule has 1 heterocycles. The van der Waals surface area contributed by atoms with E-state index in [9.17, 15) is 10.1 Å². The predicted octanol–water partition coefficient (Wildman–Crippen LogP) is 3.14. The number of anilines is 1. The number of nitro groups is 1. The van der Waals surface area contributed by atoms with Gasteiger partial charge in [0.05, 0.1) is 30.9 Å². The summed E-state index contributed by atoms with van der Waals surface area (Å²) in [6.45, 7) is 5.01. The molecule has 1 aliphatic heterocycles. The van der Waals surface area contributed by atoms with Crippen LogP contribution in [0.4, 0.5) is 11.4 Å². The highest BCUT2D eigenvalue weighted by Gasteiger charge is 2.21. The lowest BCUT2D eigenvalue weighted by atomic mass is 10.2. The summed E-state index contributed by atoms with van der Waals surface area (Å²) in [7, 11) is 3.36. The standard InChI is InChI=1S/C22H29N5O4.HI/c1-30-16-11-23-22(24-17-18-7-9-19(10-8-18)27(28)29)26-14-12-25(13-15-26)20-5-3-4-6-21(20)31-2;/h3-10H,11-17H2,1-2H3,(H,23,24);1H. The number of piperazine rings is 1. The lowest BCUT2D eigenvalue weighted by molar-refractivity contribution is -0.384. The van der Waals surface area contributed by atoms with Gasteiger partial charge in [-0.25, -0.2) is 4.99 Å². The van der Waals surface area contributed by atoms with E-state index < -0.39 is 4.92 Å². The smallest absolute Gasteiger partial charge is 0.269 e. The summed E-state index contributed by atoms with van der Waals surface area (Å²) in [6.07, 6.45) is 0. The molecule has 0 atom stereocenters. The number of nitrogens with one attached hydrogen (secondary N) is 1. The average Bonchev–Trinajstić information content (AvgIpc) is 2.81. The van der Waals surface area contributed by atoms with E-state index in [1.54, 1.807) is 26.4 Å². The first kappa shape index (κ1) is 25.7. The minimum atomic E-state index is -0.397. The number of hydrogen-bond donors (Lipinski definition) is 1. The van der Waals surface area contributed by atoms with Crippen LogP contribution in [0.3, 0.4) is 0 Å². The molecule has 3 rings (SSSR count). The highest BCUT2D eigenvalue weighted by atomic mass is 127. The molecule has 0 spiro atoms. The van der Waals surface area contributed by atoms with Crippen LogP contribution < -0.4 is 15.0 Å². The number of para-hydroxylation sites is 2. The molecular weight excluding hydrogens is 525 g/mol. The summed E-state index contributed by atoms with van der Waals surface area (Å²) in [6, 6.07) is 14.6. The van der Waals surface area contributed by atoms with Gasteiger partial charge in [-0.05, 0) is 17.7 Å². The maximum atomic E-state index is 10.8. The average molecular weight is 555 g/mol. The van der Waals surface area contributed by atoms with E-state index in [2.05, 4.69) is 21.2 Å². The van der Waals surface area contributed by atoms with Crippen LogP contribution in [0.1, 0.15) is 5.56 Å². The highest BCUT2D eigenvalue weighted by molar-refractivity contribution is 14.0. The fraction of sp³-hybridized carbons (Fsp3) is 0.409. The van der Waals surface area contributed by atoms with E-state index in [1.807, 2.05) is 18.2 Å². The molecule has 0 aliphatic carbocycles. The molecule has 0 bridgehead atoms. The number of rotatable bonds is 8. The van der Waals surface area contributed by atoms with Crippen molar-refractivity contribution in [3.8, 4) is 5.75 Å². The maximum Gasteiger partial charge on any atom is 0.269 e. The second-order valence-electron chi connectivity index (χ2n) is 7.13. The number of halogens is 1. The Kier molecular flexibility index (Phi) is 10.5. The number of methoxy groups -OCH3 is 2. The van der Waals surface area contributed by atoms with Crippen molar-refractivity contribution in [3.63, 3.8) is 0 Å². The minimum Gasteiger partial charge on any atom is -0.495 e. The van der Waals surface area contributed by atoms with Gasteiger partial charge in [0.15, 0.2) is 5.96 Å². The van der Waals surface area contributed by atoms with Gasteiger partial charge in [-0.2, -0.15) is 0 Å². The van der Waals surface area contributed by atoms with E-state index in [1.165, 1.54) is 12.1 Å². The molecule has 1 saturated heterocycles. The van der Waals surface area contributed by atoms with Crippen molar-refractivity contribution in [1.29, 1.82) is 0 Å². The number of nitro benzene ring substituents is 1. The first-order valence-electron chi connectivity index (χ1n) is 10.3. The summed E-state index contributed by atoms with van der Waals surface area (Å²) in [5.41, 5.74) is 2.10. The first-order valence-corrected chi connectivity index (χ1v) is 10.3. The van der Waals surface area contributed by atoms with Gasteiger partial charge >= 0.3 is 0 Å². The Hall–Kier alpha value is -2.60. The zero-order chi connectivity index (χ0) is 22.1. The Morgan fingerprint density at radius 3 is 2.41 bits per heavy atom. The van der Waals surface area contributed by atoms with Crippen molar-refractivity contribution in [3.05, 3.63) is 64.2 Å². The van der Waals surface area contributed by atoms with E-state index in [4.69, 9.17) is 14.5 Å². The Morgan fingerprint density at radius 2 is 1.78 bits per heavy atom. The Balaban J connectivity index is 0.00000363. The second-order valence-corrected chi connectivity index (χ2v) is 7.13. The predicted molar refractivity (Wildman–Crippen MR) is 136 cm³/mol. The Bertz CT molecular complexity index is 886. The SMILES string of the molecule is COCCNC(=NCc1ccc([N+](=O)[O-])cc1)N1CCN(c2ccccc2OC)CC1.I. The Morgan fingerprint density at radius 1 is 1.09 bits per heavy atom. The van der Waals surface area contributed by atoms with E-state index in [-0.39, 0.29) is 29.7 Å². The van der Waals surface area contributed by atoms with E-state index in [0.717, 1.165) is 49.1 Å². The highest BCUT2D eigenvalue weighted by Crippen LogP contribution is 2.28. The largest absolute Gasteiger partial charge is 0.495 e. The van der Waals surface area contributed by atoms with Gasteiger partial charge in [-0.15, -0.1) is 24.0 Å². The number of hydrogen-bond acceptors (Lipinski definition) is 6. The van der Waals surface area contributed by atoms with Crippen molar-refractivity contribution < 1.29 is 14.4 Å². The zero-order valence-electron chi connectivity index (χ0n) is 18.4. The molecule has 10 heteroatoms. The summed E-state index contributed by atoms with van der Waals surface area (Å²) in [5, 5.41) is 14.2. The molecule has 1 aliphatic rings. The molecule has 1 fully saturated rings. The third-order valence-corrected chi connectivity index (χ3v) is 5.15. The molecule has 0 saturated carbocycles. The first-order chi connectivity index (χ1) is 15.1. The number of nitrogens with zero attached hydrogens (tertiary/aromatic N) is 4. The third kappa shape index (κ3) is 6.95. The summed E-state index contributed by atoms with van der Waals surface area (Å²) in [4.78, 5) is 19.7. The fourth-order valence-electron chi connectivity index (χ4n) is 3.47. The van der Waals surface area contributed by atoms with Gasteiger partial charge < -0.3 is 24.6 Å². The normalized spacial score (nSPS) is 14.0. The van der Waals surface area contributed by atoms with E-state index in [0.29, 0.717) is 19.7 Å². The molecule has 0 radical (unpaired) electrons. The maximum absolute atomic E-state index is 10.8. The molecule has 2 aromatic carbocycles. The van der Waals surface area contributed by atoms with Crippen LogP contribution in [0.15, 0.2) is 53.5 Å². The molecule has 0 unspecified atom stereocenters. The van der Waals surface area contributed by atoms with Crippen LogP contribution in [0.5, 0.6) is 5.75 Å². The van der Waals surface area contributed by atoms with E-state index >= 15 is 0 Å². The lowest BCUT2D eigenvalue weighted by Gasteiger charge is -2.38. The van der Waals surface area contributed by atoms with Gasteiger partial charge in [0.25, 0.3) is 5.69 Å². The number of benzene rings is 2. The fourth-order valence-corrected chi connectivity index (χ4v) is 3.47. The van der Waals surface area contributed by atoms with Gasteiger partial charge in [-0.1, -0.05) is 24.3 Å². The third-order valence-electron chi connectivity index (χ3n) is 5.15. The monoisotopic (exact) mass is 555 g/mol. The molecular formula is C22H30IN5O4. The minimum absolute atomic E-state index is 0. The number of ether oxygens (including phenoxy) is 2. The van der Waals surface area contributed by atoms with Gasteiger partial charge in [0.1, 0.15) is 5.75 Å². The number of non-ortho nitro benzene ring substituents is 1. The van der Waals surface area contributed by atoms with Crippen LogP contribution in [0.2, 0.25) is 0 Å². The van der Waals surface area contributed by atoms with Crippen molar-refractivity contribution in [2.45, 2.75) is 6.54 Å². The number of guanidine groups is 1. The molecule has 1 N–H and O–H groups in total. The van der Waals surface area contributed by atoms with Crippen LogP contribution in [0.25, 0.3) is 0 Å². The lowest BCUT2D eigenvalue weighted by Crippen LogP contribution is -2.53. The van der Waals surface area contributed by atoms with Crippen LogP contribution in [-0.4, -0.2) is 69.3 Å². The van der Waals surface area contributed by atoms with Crippen molar-refractivity contribution in [2.24, 2.45) is 4.99 Å². The quantitative estimate of drug-likeness (QED) is 0.134. The summed E-state index contributed by atoms with van der Waals surface area (Å²) >= 11 is 0. The van der Waals surface area contributed by atoms with Crippen LogP contribution in [-0.2, 0) is 11.3 Å². The van der Waals surface area contributed by atoms with Crippen molar-refractivity contribution in [2.75, 3.05) is 58.5 Å².